The molecule has 22 heavy (non-hydrogen) atoms. The van der Waals surface area contributed by atoms with Crippen molar-refractivity contribution in [3.63, 3.8) is 0 Å². The molecular formula is C13H14F3N5O. The Hall–Kier alpha value is -2.29. The van der Waals surface area contributed by atoms with E-state index in [0.29, 0.717) is 11.2 Å². The van der Waals surface area contributed by atoms with Gasteiger partial charge in [-0.2, -0.15) is 18.3 Å². The first-order chi connectivity index (χ1) is 10.3. The van der Waals surface area contributed by atoms with Crippen molar-refractivity contribution in [3.8, 4) is 0 Å². The van der Waals surface area contributed by atoms with Crippen molar-refractivity contribution >= 4 is 17.1 Å². The van der Waals surface area contributed by atoms with Gasteiger partial charge in [-0.15, -0.1) is 0 Å². The molecule has 0 aromatic carbocycles. The van der Waals surface area contributed by atoms with Gasteiger partial charge in [0, 0.05) is 31.0 Å². The SMILES string of the molecule is Nc1ccn2ncc(C(=O)N3C[C@@H](N)[C@H](C(F)(F)F)C3)c2c1. The number of nitrogens with zero attached hydrogens (tertiary/aromatic N) is 3. The number of hydrogen-bond acceptors (Lipinski definition) is 4. The minimum absolute atomic E-state index is 0.136. The van der Waals surface area contributed by atoms with Crippen molar-refractivity contribution < 1.29 is 18.0 Å². The number of hydrogen-bond donors (Lipinski definition) is 2. The highest BCUT2D eigenvalue weighted by molar-refractivity contribution is 6.01. The molecule has 6 nitrogen and oxygen atoms in total. The van der Waals surface area contributed by atoms with Crippen molar-refractivity contribution in [1.82, 2.24) is 14.5 Å². The molecule has 1 aliphatic heterocycles. The van der Waals surface area contributed by atoms with Crippen LogP contribution in [-0.2, 0) is 0 Å². The highest BCUT2D eigenvalue weighted by atomic mass is 19.4. The topological polar surface area (TPSA) is 89.7 Å². The summed E-state index contributed by atoms with van der Waals surface area (Å²) in [6.07, 6.45) is -1.51. The van der Waals surface area contributed by atoms with Gasteiger partial charge in [-0.25, -0.2) is 4.52 Å². The van der Waals surface area contributed by atoms with E-state index in [1.807, 2.05) is 0 Å². The number of carbonyl (C=O) groups is 1. The Morgan fingerprint density at radius 1 is 1.36 bits per heavy atom. The fourth-order valence-electron chi connectivity index (χ4n) is 2.67. The third-order valence-electron chi connectivity index (χ3n) is 3.85. The normalized spacial score (nSPS) is 22.5. The van der Waals surface area contributed by atoms with Crippen LogP contribution >= 0.6 is 0 Å². The van der Waals surface area contributed by atoms with Crippen LogP contribution < -0.4 is 11.5 Å². The second kappa shape index (κ2) is 4.87. The molecule has 4 N–H and O–H groups in total. The van der Waals surface area contributed by atoms with Crippen LogP contribution in [0.15, 0.2) is 24.5 Å². The first-order valence-corrected chi connectivity index (χ1v) is 6.62. The molecule has 0 bridgehead atoms. The van der Waals surface area contributed by atoms with Gasteiger partial charge < -0.3 is 16.4 Å². The number of likely N-dealkylation sites (tertiary alicyclic amines) is 1. The van der Waals surface area contributed by atoms with Crippen LogP contribution in [0.4, 0.5) is 18.9 Å². The number of aromatic nitrogens is 2. The Morgan fingerprint density at radius 3 is 2.73 bits per heavy atom. The van der Waals surface area contributed by atoms with E-state index in [0.717, 1.165) is 4.90 Å². The summed E-state index contributed by atoms with van der Waals surface area (Å²) in [5.74, 6) is -2.23. The zero-order valence-corrected chi connectivity index (χ0v) is 11.4. The molecular weight excluding hydrogens is 299 g/mol. The smallest absolute Gasteiger partial charge is 0.395 e. The van der Waals surface area contributed by atoms with Crippen LogP contribution in [-0.4, -0.2) is 45.7 Å². The van der Waals surface area contributed by atoms with E-state index in [-0.39, 0.29) is 12.1 Å². The number of nitrogen functional groups attached to an aromatic ring is 1. The van der Waals surface area contributed by atoms with Crippen LogP contribution in [0.3, 0.4) is 0 Å². The van der Waals surface area contributed by atoms with Gasteiger partial charge >= 0.3 is 6.18 Å². The Morgan fingerprint density at radius 2 is 2.09 bits per heavy atom. The number of halogens is 3. The molecule has 9 heteroatoms. The molecule has 118 valence electrons. The summed E-state index contributed by atoms with van der Waals surface area (Å²) in [7, 11) is 0. The van der Waals surface area contributed by atoms with Crippen molar-refractivity contribution in [2.75, 3.05) is 18.8 Å². The summed E-state index contributed by atoms with van der Waals surface area (Å²) in [6, 6.07) is 2.05. The quantitative estimate of drug-likeness (QED) is 0.818. The maximum atomic E-state index is 12.8. The summed E-state index contributed by atoms with van der Waals surface area (Å²) in [5.41, 5.74) is 12.3. The molecule has 1 fully saturated rings. The van der Waals surface area contributed by atoms with Gasteiger partial charge in [0.1, 0.15) is 0 Å². The fraction of sp³-hybridized carbons (Fsp3) is 0.385. The summed E-state index contributed by atoms with van der Waals surface area (Å²) in [4.78, 5) is 13.6. The monoisotopic (exact) mass is 313 g/mol. The maximum absolute atomic E-state index is 12.8. The molecule has 2 aromatic heterocycles. The largest absolute Gasteiger partial charge is 0.399 e. The molecule has 0 spiro atoms. The molecule has 2 atom stereocenters. The van der Waals surface area contributed by atoms with E-state index in [1.165, 1.54) is 10.7 Å². The number of nitrogens with two attached hydrogens (primary N) is 2. The zero-order chi connectivity index (χ0) is 16.1. The third-order valence-corrected chi connectivity index (χ3v) is 3.85. The van der Waals surface area contributed by atoms with Gasteiger partial charge in [-0.3, -0.25) is 4.79 Å². The summed E-state index contributed by atoms with van der Waals surface area (Å²) in [6.45, 7) is -0.578. The summed E-state index contributed by atoms with van der Waals surface area (Å²) >= 11 is 0. The first-order valence-electron chi connectivity index (χ1n) is 6.62. The Bertz CT molecular complexity index is 726. The molecule has 1 aliphatic rings. The number of carbonyl (C=O) groups excluding carboxylic acids is 1. The molecule has 1 saturated heterocycles. The molecule has 1 amide bonds. The van der Waals surface area contributed by atoms with E-state index >= 15 is 0 Å². The number of pyridine rings is 1. The molecule has 0 saturated carbocycles. The second-order valence-corrected chi connectivity index (χ2v) is 5.37. The first kappa shape index (κ1) is 14.6. The number of alkyl halides is 3. The van der Waals surface area contributed by atoms with Crippen molar-refractivity contribution in [2.45, 2.75) is 12.2 Å². The lowest BCUT2D eigenvalue weighted by molar-refractivity contribution is -0.172. The fourth-order valence-corrected chi connectivity index (χ4v) is 2.67. The number of amides is 1. The van der Waals surface area contributed by atoms with Gasteiger partial charge in [-0.05, 0) is 12.1 Å². The molecule has 3 heterocycles. The van der Waals surface area contributed by atoms with E-state index in [2.05, 4.69) is 5.10 Å². The Balaban J connectivity index is 1.89. The lowest BCUT2D eigenvalue weighted by atomic mass is 10.0. The van der Waals surface area contributed by atoms with Gasteiger partial charge in [-0.1, -0.05) is 0 Å². The van der Waals surface area contributed by atoms with E-state index in [9.17, 15) is 18.0 Å². The van der Waals surface area contributed by atoms with Gasteiger partial charge in [0.2, 0.25) is 0 Å². The predicted molar refractivity (Wildman–Crippen MR) is 73.0 cm³/mol. The minimum Gasteiger partial charge on any atom is -0.399 e. The number of fused-ring (bicyclic) bond motifs is 1. The Kier molecular flexibility index (Phi) is 3.24. The standard InChI is InChI=1S/C13H14F3N5O/c14-13(15,16)9-5-20(6-10(9)18)12(22)8-4-19-21-2-1-7(17)3-11(8)21/h1-4,9-10H,5-6,17-18H2/t9-,10-/m1/s1. The third kappa shape index (κ3) is 2.37. The van der Waals surface area contributed by atoms with Gasteiger partial charge in [0.15, 0.2) is 0 Å². The summed E-state index contributed by atoms with van der Waals surface area (Å²) < 4.78 is 40.0. The zero-order valence-electron chi connectivity index (χ0n) is 11.4. The van der Waals surface area contributed by atoms with Gasteiger partial charge in [0.05, 0.1) is 23.2 Å². The molecule has 2 aromatic rings. The minimum atomic E-state index is -4.42. The Labute approximate surface area is 123 Å². The van der Waals surface area contributed by atoms with E-state index < -0.39 is 30.6 Å². The van der Waals surface area contributed by atoms with Crippen LogP contribution in [0.2, 0.25) is 0 Å². The average molecular weight is 313 g/mol. The lowest BCUT2D eigenvalue weighted by Gasteiger charge is -2.18. The summed E-state index contributed by atoms with van der Waals surface area (Å²) in [5, 5.41) is 4.00. The highest BCUT2D eigenvalue weighted by Gasteiger charge is 2.49. The van der Waals surface area contributed by atoms with Crippen molar-refractivity contribution in [3.05, 3.63) is 30.1 Å². The molecule has 3 rings (SSSR count). The van der Waals surface area contributed by atoms with Crippen LogP contribution in [0.25, 0.3) is 5.52 Å². The predicted octanol–water partition coefficient (Wildman–Crippen LogP) is 0.878. The molecule has 0 unspecified atom stereocenters. The molecule has 0 aliphatic carbocycles. The van der Waals surface area contributed by atoms with E-state index in [4.69, 9.17) is 11.5 Å². The van der Waals surface area contributed by atoms with E-state index in [1.54, 1.807) is 18.3 Å². The van der Waals surface area contributed by atoms with Crippen molar-refractivity contribution in [2.24, 2.45) is 11.7 Å². The lowest BCUT2D eigenvalue weighted by Crippen LogP contribution is -2.38. The van der Waals surface area contributed by atoms with Gasteiger partial charge in [0.25, 0.3) is 5.91 Å². The molecule has 0 radical (unpaired) electrons. The van der Waals surface area contributed by atoms with Crippen LogP contribution in [0.1, 0.15) is 10.4 Å². The maximum Gasteiger partial charge on any atom is 0.395 e. The number of anilines is 1. The van der Waals surface area contributed by atoms with Crippen LogP contribution in [0, 0.1) is 5.92 Å². The number of rotatable bonds is 1. The van der Waals surface area contributed by atoms with Crippen LogP contribution in [0.5, 0.6) is 0 Å². The average Bonchev–Trinajstić information content (AvgIpc) is 3.00. The second-order valence-electron chi connectivity index (χ2n) is 5.37. The van der Waals surface area contributed by atoms with Crippen molar-refractivity contribution in [1.29, 1.82) is 0 Å². The highest BCUT2D eigenvalue weighted by Crippen LogP contribution is 2.33.